The van der Waals surface area contributed by atoms with Gasteiger partial charge in [0.2, 0.25) is 0 Å². The fourth-order valence-corrected chi connectivity index (χ4v) is 2.13. The van der Waals surface area contributed by atoms with Crippen LogP contribution >= 0.6 is 0 Å². The van der Waals surface area contributed by atoms with Gasteiger partial charge in [0.25, 0.3) is 0 Å². The van der Waals surface area contributed by atoms with E-state index in [0.717, 1.165) is 25.2 Å². The molecule has 4 nitrogen and oxygen atoms in total. The largest absolute Gasteiger partial charge is 0.365 e. The predicted octanol–water partition coefficient (Wildman–Crippen LogP) is 3.69. The summed E-state index contributed by atoms with van der Waals surface area (Å²) in [6.45, 7) is 11.0. The van der Waals surface area contributed by atoms with Gasteiger partial charge in [-0.3, -0.25) is 0 Å². The van der Waals surface area contributed by atoms with Gasteiger partial charge in [-0.1, -0.05) is 38.8 Å². The van der Waals surface area contributed by atoms with Gasteiger partial charge < -0.3 is 14.3 Å². The molecule has 0 aliphatic carbocycles. The second-order valence-electron chi connectivity index (χ2n) is 5.39. The van der Waals surface area contributed by atoms with Crippen molar-refractivity contribution < 1.29 is 4.52 Å². The Bertz CT molecular complexity index is 299. The van der Waals surface area contributed by atoms with Crippen LogP contribution < -0.4 is 0 Å². The molecule has 1 aromatic rings. The second-order valence-corrected chi connectivity index (χ2v) is 5.39. The summed E-state index contributed by atoms with van der Waals surface area (Å²) in [5.41, 5.74) is 1.08. The first-order valence-electron chi connectivity index (χ1n) is 8.48. The third-order valence-electron chi connectivity index (χ3n) is 3.46. The molecule has 0 fully saturated rings. The van der Waals surface area contributed by atoms with Gasteiger partial charge >= 0.3 is 0 Å². The van der Waals surface area contributed by atoms with E-state index < -0.39 is 0 Å². The third-order valence-corrected chi connectivity index (χ3v) is 3.46. The summed E-state index contributed by atoms with van der Waals surface area (Å²) in [7, 11) is 4.27. The van der Waals surface area contributed by atoms with E-state index in [1.54, 1.807) is 6.26 Å². The summed E-state index contributed by atoms with van der Waals surface area (Å²) >= 11 is 0. The van der Waals surface area contributed by atoms with Crippen molar-refractivity contribution in [2.45, 2.75) is 52.9 Å². The van der Waals surface area contributed by atoms with Crippen LogP contribution in [0.5, 0.6) is 0 Å². The van der Waals surface area contributed by atoms with Gasteiger partial charge in [-0.2, -0.15) is 0 Å². The van der Waals surface area contributed by atoms with E-state index in [2.05, 4.69) is 36.0 Å². The number of aryl methyl sites for hydroxylation is 1. The molecule has 0 amide bonds. The monoisotopic (exact) mass is 297 g/mol. The van der Waals surface area contributed by atoms with E-state index in [1.165, 1.54) is 38.8 Å². The summed E-state index contributed by atoms with van der Waals surface area (Å²) in [6, 6.07) is 1.96. The molecule has 0 aliphatic heterocycles. The quantitative estimate of drug-likeness (QED) is 0.583. The fraction of sp³-hybridized carbons (Fsp3) is 0.824. The number of unbranched alkanes of at least 4 members (excludes halogenated alkanes) is 3. The molecule has 1 rings (SSSR count). The average molecular weight is 297 g/mol. The van der Waals surface area contributed by atoms with Crippen LogP contribution in [0.1, 0.15) is 52.1 Å². The lowest BCUT2D eigenvalue weighted by Crippen LogP contribution is -2.32. The average Bonchev–Trinajstić information content (AvgIpc) is 3.01. The number of nitrogens with zero attached hydrogens (tertiary/aromatic N) is 3. The standard InChI is InChI=1S/C15H29N3O.C2H6/c1-4-18(13-12-17(2)3)11-8-6-5-7-9-15-10-14-19-16-15;1-2/h10,14H,4-9,11-13H2,1-3H3;1-2H3. The summed E-state index contributed by atoms with van der Waals surface area (Å²) < 4.78 is 4.82. The van der Waals surface area contributed by atoms with Crippen molar-refractivity contribution in [2.75, 3.05) is 40.3 Å². The van der Waals surface area contributed by atoms with Crippen molar-refractivity contribution >= 4 is 0 Å². The van der Waals surface area contributed by atoms with Crippen LogP contribution in [0, 0.1) is 0 Å². The van der Waals surface area contributed by atoms with Crippen molar-refractivity contribution in [3.05, 3.63) is 18.0 Å². The molecule has 0 saturated carbocycles. The van der Waals surface area contributed by atoms with E-state index in [9.17, 15) is 0 Å². The van der Waals surface area contributed by atoms with Gasteiger partial charge in [0.1, 0.15) is 6.26 Å². The number of hydrogen-bond acceptors (Lipinski definition) is 4. The highest BCUT2D eigenvalue weighted by Gasteiger charge is 2.02. The molecule has 1 heterocycles. The number of likely N-dealkylation sites (N-methyl/N-ethyl adjacent to an activating group) is 2. The van der Waals surface area contributed by atoms with Crippen LogP contribution in [0.15, 0.2) is 16.9 Å². The van der Waals surface area contributed by atoms with Crippen molar-refractivity contribution in [3.8, 4) is 0 Å². The molecule has 21 heavy (non-hydrogen) atoms. The van der Waals surface area contributed by atoms with Crippen molar-refractivity contribution in [2.24, 2.45) is 0 Å². The van der Waals surface area contributed by atoms with Crippen molar-refractivity contribution in [1.29, 1.82) is 0 Å². The highest BCUT2D eigenvalue weighted by atomic mass is 16.5. The van der Waals surface area contributed by atoms with Gasteiger partial charge in [0.05, 0.1) is 5.69 Å². The molecule has 124 valence electrons. The Morgan fingerprint density at radius 1 is 1.00 bits per heavy atom. The molecule has 0 atom stereocenters. The molecule has 0 unspecified atom stereocenters. The van der Waals surface area contributed by atoms with Crippen LogP contribution in [0.3, 0.4) is 0 Å². The zero-order valence-electron chi connectivity index (χ0n) is 14.8. The second kappa shape index (κ2) is 14.1. The topological polar surface area (TPSA) is 32.5 Å². The Kier molecular flexibility index (Phi) is 13.5. The minimum Gasteiger partial charge on any atom is -0.365 e. The lowest BCUT2D eigenvalue weighted by atomic mass is 10.1. The van der Waals surface area contributed by atoms with Crippen molar-refractivity contribution in [3.63, 3.8) is 0 Å². The summed E-state index contributed by atoms with van der Waals surface area (Å²) in [5, 5.41) is 3.93. The first kappa shape index (κ1) is 20.1. The minimum atomic E-state index is 1.05. The number of rotatable bonds is 11. The summed E-state index contributed by atoms with van der Waals surface area (Å²) in [6.07, 6.45) is 7.83. The van der Waals surface area contributed by atoms with E-state index in [4.69, 9.17) is 4.52 Å². The first-order chi connectivity index (χ1) is 10.2. The zero-order chi connectivity index (χ0) is 15.9. The molecule has 4 heteroatoms. The Balaban J connectivity index is 0.00000191. The molecule has 0 aromatic carbocycles. The Labute approximate surface area is 131 Å². The highest BCUT2D eigenvalue weighted by Crippen LogP contribution is 2.06. The van der Waals surface area contributed by atoms with Crippen LogP contribution in [-0.2, 0) is 6.42 Å². The molecule has 0 bridgehead atoms. The lowest BCUT2D eigenvalue weighted by Gasteiger charge is -2.22. The Hall–Kier alpha value is -0.870. The summed E-state index contributed by atoms with van der Waals surface area (Å²) in [4.78, 5) is 4.79. The van der Waals surface area contributed by atoms with Gasteiger partial charge in [0.15, 0.2) is 0 Å². The van der Waals surface area contributed by atoms with E-state index in [-0.39, 0.29) is 0 Å². The molecule has 0 radical (unpaired) electrons. The van der Waals surface area contributed by atoms with Gasteiger partial charge in [-0.15, -0.1) is 0 Å². The predicted molar refractivity (Wildman–Crippen MR) is 90.7 cm³/mol. The normalized spacial score (nSPS) is 10.8. The minimum absolute atomic E-state index is 1.05. The maximum atomic E-state index is 4.82. The molecule has 0 N–H and O–H groups in total. The summed E-state index contributed by atoms with van der Waals surface area (Å²) in [5.74, 6) is 0. The van der Waals surface area contributed by atoms with Gasteiger partial charge in [0, 0.05) is 19.2 Å². The number of aromatic nitrogens is 1. The maximum absolute atomic E-state index is 4.82. The van der Waals surface area contributed by atoms with E-state index in [1.807, 2.05) is 19.9 Å². The molecular formula is C17H35N3O. The molecule has 1 aromatic heterocycles. The zero-order valence-corrected chi connectivity index (χ0v) is 14.8. The smallest absolute Gasteiger partial charge is 0.124 e. The van der Waals surface area contributed by atoms with Crippen LogP contribution in [0.2, 0.25) is 0 Å². The van der Waals surface area contributed by atoms with Gasteiger partial charge in [-0.25, -0.2) is 0 Å². The molecular weight excluding hydrogens is 262 g/mol. The Morgan fingerprint density at radius 2 is 1.71 bits per heavy atom. The first-order valence-corrected chi connectivity index (χ1v) is 8.48. The SMILES string of the molecule is CC.CCN(CCCCCCc1ccon1)CCN(C)C. The maximum Gasteiger partial charge on any atom is 0.124 e. The Morgan fingerprint density at radius 3 is 2.29 bits per heavy atom. The molecule has 0 saturated heterocycles. The molecule has 0 aliphatic rings. The van der Waals surface area contributed by atoms with E-state index >= 15 is 0 Å². The van der Waals surface area contributed by atoms with Gasteiger partial charge in [-0.05, 0) is 46.4 Å². The van der Waals surface area contributed by atoms with Crippen LogP contribution in [-0.4, -0.2) is 55.2 Å². The lowest BCUT2D eigenvalue weighted by molar-refractivity contribution is 0.246. The van der Waals surface area contributed by atoms with Crippen LogP contribution in [0.4, 0.5) is 0 Å². The number of hydrogen-bond donors (Lipinski definition) is 0. The van der Waals surface area contributed by atoms with Crippen molar-refractivity contribution in [1.82, 2.24) is 15.0 Å². The van der Waals surface area contributed by atoms with Crippen LogP contribution in [0.25, 0.3) is 0 Å². The highest BCUT2D eigenvalue weighted by molar-refractivity contribution is 4.94. The molecule has 0 spiro atoms. The van der Waals surface area contributed by atoms with E-state index in [0.29, 0.717) is 0 Å². The fourth-order valence-electron chi connectivity index (χ4n) is 2.13. The third kappa shape index (κ3) is 11.5.